The zero-order valence-electron chi connectivity index (χ0n) is 8.72. The zero-order valence-corrected chi connectivity index (χ0v) is 8.72. The highest BCUT2D eigenvalue weighted by Crippen LogP contribution is 2.24. The van der Waals surface area contributed by atoms with Crippen LogP contribution in [0.3, 0.4) is 0 Å². The molecule has 0 bridgehead atoms. The first-order chi connectivity index (χ1) is 5.22. The molecule has 0 aromatic carbocycles. The molecule has 0 radical (unpaired) electrons. The van der Waals surface area contributed by atoms with Crippen LogP contribution < -0.4 is 0 Å². The molecule has 0 aromatic rings. The Hall–Kier alpha value is -0.0400. The fourth-order valence-electron chi connectivity index (χ4n) is 1.22. The van der Waals surface area contributed by atoms with Gasteiger partial charge in [-0.05, 0) is 33.7 Å². The Kier molecular flexibility index (Phi) is 5.57. The standard InChI is InChI=1S/C8H17N.C2H6/c1-7(2)9(3)8-5-4-6-8;1-2/h7-8H,4-6H2,1-3H3;1-2H3. The predicted molar refractivity (Wildman–Crippen MR) is 51.9 cm³/mol. The average molecular weight is 157 g/mol. The van der Waals surface area contributed by atoms with Crippen molar-refractivity contribution >= 4 is 0 Å². The molecule has 11 heavy (non-hydrogen) atoms. The molecular formula is C10H23N. The Morgan fingerprint density at radius 1 is 1.18 bits per heavy atom. The summed E-state index contributed by atoms with van der Waals surface area (Å²) in [6.07, 6.45) is 4.30. The van der Waals surface area contributed by atoms with Crippen LogP contribution >= 0.6 is 0 Å². The van der Waals surface area contributed by atoms with Crippen LogP contribution in [0.5, 0.6) is 0 Å². The van der Waals surface area contributed by atoms with Crippen LogP contribution in [-0.4, -0.2) is 24.0 Å². The molecule has 68 valence electrons. The monoisotopic (exact) mass is 157 g/mol. The second-order valence-corrected chi connectivity index (χ2v) is 3.34. The van der Waals surface area contributed by atoms with Gasteiger partial charge in [-0.25, -0.2) is 0 Å². The summed E-state index contributed by atoms with van der Waals surface area (Å²) in [5.74, 6) is 0. The van der Waals surface area contributed by atoms with E-state index >= 15 is 0 Å². The summed E-state index contributed by atoms with van der Waals surface area (Å²) in [6, 6.07) is 1.64. The molecule has 0 amide bonds. The van der Waals surface area contributed by atoms with Gasteiger partial charge in [-0.15, -0.1) is 0 Å². The number of hydrogen-bond acceptors (Lipinski definition) is 1. The summed E-state index contributed by atoms with van der Waals surface area (Å²) in [5.41, 5.74) is 0. The Morgan fingerprint density at radius 3 is 1.73 bits per heavy atom. The highest BCUT2D eigenvalue weighted by atomic mass is 15.2. The Balaban J connectivity index is 0.000000461. The minimum absolute atomic E-state index is 0.732. The van der Waals surface area contributed by atoms with E-state index in [0.717, 1.165) is 12.1 Å². The molecule has 0 saturated heterocycles. The van der Waals surface area contributed by atoms with Crippen molar-refractivity contribution in [1.82, 2.24) is 4.90 Å². The van der Waals surface area contributed by atoms with Gasteiger partial charge >= 0.3 is 0 Å². The van der Waals surface area contributed by atoms with Crippen LogP contribution in [-0.2, 0) is 0 Å². The molecule has 0 aliphatic heterocycles. The predicted octanol–water partition coefficient (Wildman–Crippen LogP) is 2.91. The maximum absolute atomic E-state index is 2.48. The van der Waals surface area contributed by atoms with E-state index in [1.165, 1.54) is 19.3 Å². The summed E-state index contributed by atoms with van der Waals surface area (Å²) in [4.78, 5) is 2.48. The second kappa shape index (κ2) is 5.59. The topological polar surface area (TPSA) is 3.24 Å². The third-order valence-electron chi connectivity index (χ3n) is 2.47. The first-order valence-electron chi connectivity index (χ1n) is 4.93. The van der Waals surface area contributed by atoms with Gasteiger partial charge in [-0.1, -0.05) is 20.3 Å². The van der Waals surface area contributed by atoms with Gasteiger partial charge in [0.05, 0.1) is 0 Å². The third-order valence-corrected chi connectivity index (χ3v) is 2.47. The smallest absolute Gasteiger partial charge is 0.00949 e. The van der Waals surface area contributed by atoms with Gasteiger partial charge in [-0.3, -0.25) is 0 Å². The number of hydrogen-bond donors (Lipinski definition) is 0. The third kappa shape index (κ3) is 3.24. The van der Waals surface area contributed by atoms with E-state index in [1.54, 1.807) is 0 Å². The minimum Gasteiger partial charge on any atom is -0.301 e. The van der Waals surface area contributed by atoms with E-state index in [9.17, 15) is 0 Å². The summed E-state index contributed by atoms with van der Waals surface area (Å²) in [6.45, 7) is 8.52. The van der Waals surface area contributed by atoms with Crippen LogP contribution in [0.1, 0.15) is 47.0 Å². The van der Waals surface area contributed by atoms with Crippen molar-refractivity contribution in [2.24, 2.45) is 0 Å². The molecule has 1 saturated carbocycles. The Bertz CT molecular complexity index is 84.9. The fourth-order valence-corrected chi connectivity index (χ4v) is 1.22. The molecule has 1 rings (SSSR count). The molecule has 0 aromatic heterocycles. The SMILES string of the molecule is CC.CC(C)N(C)C1CCC1. The molecule has 1 aliphatic rings. The van der Waals surface area contributed by atoms with Crippen LogP contribution in [0.2, 0.25) is 0 Å². The summed E-state index contributed by atoms with van der Waals surface area (Å²) >= 11 is 0. The maximum atomic E-state index is 2.48. The largest absolute Gasteiger partial charge is 0.301 e. The summed E-state index contributed by atoms with van der Waals surface area (Å²) in [5, 5.41) is 0. The quantitative estimate of drug-likeness (QED) is 0.595. The molecule has 0 unspecified atom stereocenters. The van der Waals surface area contributed by atoms with Crippen molar-refractivity contribution < 1.29 is 0 Å². The van der Waals surface area contributed by atoms with E-state index in [1.807, 2.05) is 13.8 Å². The van der Waals surface area contributed by atoms with E-state index in [4.69, 9.17) is 0 Å². The first kappa shape index (κ1) is 11.0. The van der Waals surface area contributed by atoms with Gasteiger partial charge < -0.3 is 4.90 Å². The molecule has 0 heterocycles. The van der Waals surface area contributed by atoms with Gasteiger partial charge in [-0.2, -0.15) is 0 Å². The van der Waals surface area contributed by atoms with E-state index in [2.05, 4.69) is 25.8 Å². The highest BCUT2D eigenvalue weighted by molar-refractivity contribution is 4.79. The van der Waals surface area contributed by atoms with Crippen molar-refractivity contribution in [2.45, 2.75) is 59.0 Å². The zero-order chi connectivity index (χ0) is 8.85. The average Bonchev–Trinajstić information content (AvgIpc) is 1.88. The van der Waals surface area contributed by atoms with Gasteiger partial charge in [0.15, 0.2) is 0 Å². The molecule has 1 fully saturated rings. The maximum Gasteiger partial charge on any atom is 0.00949 e. The van der Waals surface area contributed by atoms with E-state index in [0.29, 0.717) is 0 Å². The van der Waals surface area contributed by atoms with Crippen LogP contribution in [0.25, 0.3) is 0 Å². The molecule has 0 spiro atoms. The molecule has 1 nitrogen and oxygen atoms in total. The molecule has 0 atom stereocenters. The van der Waals surface area contributed by atoms with Gasteiger partial charge in [0.1, 0.15) is 0 Å². The van der Waals surface area contributed by atoms with Crippen LogP contribution in [0, 0.1) is 0 Å². The van der Waals surface area contributed by atoms with Crippen molar-refractivity contribution in [3.05, 3.63) is 0 Å². The highest BCUT2D eigenvalue weighted by Gasteiger charge is 2.22. The molecule has 1 heteroatoms. The Labute approximate surface area is 71.8 Å². The van der Waals surface area contributed by atoms with E-state index in [-0.39, 0.29) is 0 Å². The number of rotatable bonds is 2. The Morgan fingerprint density at radius 2 is 1.64 bits per heavy atom. The van der Waals surface area contributed by atoms with Crippen LogP contribution in [0.4, 0.5) is 0 Å². The minimum atomic E-state index is 0.732. The van der Waals surface area contributed by atoms with Crippen LogP contribution in [0.15, 0.2) is 0 Å². The number of nitrogens with zero attached hydrogens (tertiary/aromatic N) is 1. The summed E-state index contributed by atoms with van der Waals surface area (Å²) in [7, 11) is 2.23. The van der Waals surface area contributed by atoms with Gasteiger partial charge in [0.2, 0.25) is 0 Å². The molecule has 1 aliphatic carbocycles. The van der Waals surface area contributed by atoms with Gasteiger partial charge in [0.25, 0.3) is 0 Å². The molecular weight excluding hydrogens is 134 g/mol. The lowest BCUT2D eigenvalue weighted by Gasteiger charge is -2.37. The van der Waals surface area contributed by atoms with Gasteiger partial charge in [0, 0.05) is 12.1 Å². The summed E-state index contributed by atoms with van der Waals surface area (Å²) < 4.78 is 0. The first-order valence-corrected chi connectivity index (χ1v) is 4.93. The van der Waals surface area contributed by atoms with Crippen molar-refractivity contribution in [1.29, 1.82) is 0 Å². The lowest BCUT2D eigenvalue weighted by atomic mass is 9.91. The van der Waals surface area contributed by atoms with Crippen molar-refractivity contribution in [3.63, 3.8) is 0 Å². The fraction of sp³-hybridized carbons (Fsp3) is 1.00. The second-order valence-electron chi connectivity index (χ2n) is 3.34. The normalized spacial score (nSPS) is 17.7. The lowest BCUT2D eigenvalue weighted by Crippen LogP contribution is -2.41. The van der Waals surface area contributed by atoms with E-state index < -0.39 is 0 Å². The van der Waals surface area contributed by atoms with Crippen molar-refractivity contribution in [2.75, 3.05) is 7.05 Å². The lowest BCUT2D eigenvalue weighted by molar-refractivity contribution is 0.126. The van der Waals surface area contributed by atoms with Crippen molar-refractivity contribution in [3.8, 4) is 0 Å². The molecule has 0 N–H and O–H groups in total.